The molecule has 0 aliphatic carbocycles. The molecule has 0 bridgehead atoms. The monoisotopic (exact) mass is 436 g/mol. The number of hydrogen-bond donors (Lipinski definition) is 3. The molecule has 0 fully saturated rings. The average molecular weight is 437 g/mol. The molecule has 3 aromatic carbocycles. The first-order valence-corrected chi connectivity index (χ1v) is 10.3. The zero-order valence-corrected chi connectivity index (χ0v) is 17.5. The van der Waals surface area contributed by atoms with Gasteiger partial charge in [0.1, 0.15) is 0 Å². The van der Waals surface area contributed by atoms with E-state index in [-0.39, 0.29) is 11.9 Å². The Bertz CT molecular complexity index is 1240. The molecule has 0 saturated carbocycles. The Balaban J connectivity index is 1.46. The number of anilines is 3. The summed E-state index contributed by atoms with van der Waals surface area (Å²) in [6.07, 6.45) is 0. The van der Waals surface area contributed by atoms with Crippen molar-refractivity contribution in [1.82, 2.24) is 4.98 Å². The van der Waals surface area contributed by atoms with E-state index in [1.165, 1.54) is 11.3 Å². The SMILES string of the molecule is Cc1c(Cl)cccc1NC(=O)Nc1ccc2sc(NC(=O)c3ccccc3)nc2c1. The lowest BCUT2D eigenvalue weighted by molar-refractivity contribution is 0.102. The number of benzene rings is 3. The quantitative estimate of drug-likeness (QED) is 0.358. The number of urea groups is 1. The van der Waals surface area contributed by atoms with E-state index in [9.17, 15) is 9.59 Å². The zero-order chi connectivity index (χ0) is 21.1. The van der Waals surface area contributed by atoms with Gasteiger partial charge in [-0.2, -0.15) is 0 Å². The smallest absolute Gasteiger partial charge is 0.308 e. The second kappa shape index (κ2) is 8.52. The molecule has 0 aliphatic rings. The molecule has 1 aromatic heterocycles. The maximum absolute atomic E-state index is 12.3. The van der Waals surface area contributed by atoms with Gasteiger partial charge in [-0.15, -0.1) is 0 Å². The number of nitrogens with one attached hydrogen (secondary N) is 3. The summed E-state index contributed by atoms with van der Waals surface area (Å²) >= 11 is 7.46. The largest absolute Gasteiger partial charge is 0.323 e. The molecule has 0 radical (unpaired) electrons. The second-order valence-electron chi connectivity index (χ2n) is 6.51. The van der Waals surface area contributed by atoms with E-state index in [1.54, 1.807) is 54.6 Å². The molecule has 0 saturated heterocycles. The van der Waals surface area contributed by atoms with Crippen molar-refractivity contribution in [3.63, 3.8) is 0 Å². The van der Waals surface area contributed by atoms with Gasteiger partial charge in [0.15, 0.2) is 5.13 Å². The summed E-state index contributed by atoms with van der Waals surface area (Å²) in [5, 5.41) is 9.47. The topological polar surface area (TPSA) is 83.1 Å². The number of nitrogens with zero attached hydrogens (tertiary/aromatic N) is 1. The van der Waals surface area contributed by atoms with Crippen LogP contribution in [0.1, 0.15) is 15.9 Å². The molecule has 0 aliphatic heterocycles. The highest BCUT2D eigenvalue weighted by Gasteiger charge is 2.11. The molecule has 6 nitrogen and oxygen atoms in total. The summed E-state index contributed by atoms with van der Waals surface area (Å²) in [5.41, 5.74) is 3.27. The third kappa shape index (κ3) is 4.42. The fourth-order valence-electron chi connectivity index (χ4n) is 2.85. The molecule has 0 spiro atoms. The van der Waals surface area contributed by atoms with Crippen molar-refractivity contribution in [3.05, 3.63) is 82.9 Å². The van der Waals surface area contributed by atoms with Gasteiger partial charge in [-0.3, -0.25) is 10.1 Å². The van der Waals surface area contributed by atoms with Gasteiger partial charge in [0.05, 0.1) is 10.2 Å². The maximum Gasteiger partial charge on any atom is 0.323 e. The van der Waals surface area contributed by atoms with Crippen molar-refractivity contribution in [1.29, 1.82) is 0 Å². The number of amides is 3. The van der Waals surface area contributed by atoms with Crippen molar-refractivity contribution in [2.75, 3.05) is 16.0 Å². The summed E-state index contributed by atoms with van der Waals surface area (Å²) in [5.74, 6) is -0.218. The van der Waals surface area contributed by atoms with Crippen molar-refractivity contribution in [3.8, 4) is 0 Å². The third-order valence-electron chi connectivity index (χ3n) is 4.42. The van der Waals surface area contributed by atoms with Crippen LogP contribution in [-0.4, -0.2) is 16.9 Å². The molecule has 4 aromatic rings. The predicted molar refractivity (Wildman–Crippen MR) is 123 cm³/mol. The predicted octanol–water partition coefficient (Wildman–Crippen LogP) is 6.15. The van der Waals surface area contributed by atoms with E-state index in [0.717, 1.165) is 10.3 Å². The van der Waals surface area contributed by atoms with Crippen LogP contribution in [0.2, 0.25) is 5.02 Å². The van der Waals surface area contributed by atoms with Gasteiger partial charge in [-0.25, -0.2) is 9.78 Å². The highest BCUT2D eigenvalue weighted by atomic mass is 35.5. The molecule has 0 atom stereocenters. The van der Waals surface area contributed by atoms with Crippen LogP contribution < -0.4 is 16.0 Å². The highest BCUT2D eigenvalue weighted by molar-refractivity contribution is 7.22. The summed E-state index contributed by atoms with van der Waals surface area (Å²) < 4.78 is 0.898. The van der Waals surface area contributed by atoms with Gasteiger partial charge in [0, 0.05) is 22.0 Å². The van der Waals surface area contributed by atoms with Crippen molar-refractivity contribution >= 4 is 61.6 Å². The van der Waals surface area contributed by atoms with Gasteiger partial charge in [-0.1, -0.05) is 47.2 Å². The molecule has 1 heterocycles. The van der Waals surface area contributed by atoms with Crippen LogP contribution in [0, 0.1) is 6.92 Å². The lowest BCUT2D eigenvalue weighted by atomic mass is 10.2. The maximum atomic E-state index is 12.3. The van der Waals surface area contributed by atoms with E-state index in [1.807, 2.05) is 19.1 Å². The minimum atomic E-state index is -0.382. The van der Waals surface area contributed by atoms with Crippen LogP contribution in [0.15, 0.2) is 66.7 Å². The Morgan fingerprint density at radius 2 is 1.73 bits per heavy atom. The minimum Gasteiger partial charge on any atom is -0.308 e. The van der Waals surface area contributed by atoms with Crippen molar-refractivity contribution < 1.29 is 9.59 Å². The fourth-order valence-corrected chi connectivity index (χ4v) is 3.86. The standard InChI is InChI=1S/C22H17ClN4O2S/c1-13-16(23)8-5-9-17(13)25-21(29)24-15-10-11-19-18(12-15)26-22(30-19)27-20(28)14-6-3-2-4-7-14/h2-12H,1H3,(H2,24,25,29)(H,26,27,28). The number of thiazole rings is 1. The Hall–Kier alpha value is -3.42. The first-order chi connectivity index (χ1) is 14.5. The normalized spacial score (nSPS) is 10.6. The Morgan fingerprint density at radius 1 is 0.933 bits per heavy atom. The van der Waals surface area contributed by atoms with E-state index in [2.05, 4.69) is 20.9 Å². The lowest BCUT2D eigenvalue weighted by Gasteiger charge is -2.10. The number of fused-ring (bicyclic) bond motifs is 1. The van der Waals surface area contributed by atoms with E-state index in [4.69, 9.17) is 11.6 Å². The Kier molecular flexibility index (Phi) is 5.65. The van der Waals surface area contributed by atoms with Gasteiger partial charge >= 0.3 is 6.03 Å². The number of carbonyl (C=O) groups is 2. The average Bonchev–Trinajstić information content (AvgIpc) is 3.13. The van der Waals surface area contributed by atoms with Crippen molar-refractivity contribution in [2.24, 2.45) is 0 Å². The zero-order valence-electron chi connectivity index (χ0n) is 15.9. The van der Waals surface area contributed by atoms with Gasteiger partial charge in [0.25, 0.3) is 5.91 Å². The van der Waals surface area contributed by atoms with Crippen LogP contribution in [0.4, 0.5) is 21.3 Å². The molecular weight excluding hydrogens is 420 g/mol. The summed E-state index contributed by atoms with van der Waals surface area (Å²) in [7, 11) is 0. The lowest BCUT2D eigenvalue weighted by Crippen LogP contribution is -2.19. The van der Waals surface area contributed by atoms with Crippen LogP contribution in [-0.2, 0) is 0 Å². The fraction of sp³-hybridized carbons (Fsp3) is 0.0455. The van der Waals surface area contributed by atoms with Crippen LogP contribution >= 0.6 is 22.9 Å². The van der Waals surface area contributed by atoms with Gasteiger partial charge in [-0.05, 0) is 55.0 Å². The molecule has 4 rings (SSSR count). The first-order valence-electron chi connectivity index (χ1n) is 9.10. The highest BCUT2D eigenvalue weighted by Crippen LogP contribution is 2.29. The van der Waals surface area contributed by atoms with Crippen LogP contribution in [0.25, 0.3) is 10.2 Å². The van der Waals surface area contributed by atoms with Gasteiger partial charge < -0.3 is 10.6 Å². The summed E-state index contributed by atoms with van der Waals surface area (Å²) in [6.45, 7) is 1.84. The molecule has 0 unspecified atom stereocenters. The number of carbonyl (C=O) groups excluding carboxylic acids is 2. The first kappa shape index (κ1) is 19.9. The minimum absolute atomic E-state index is 0.218. The number of rotatable bonds is 4. The third-order valence-corrected chi connectivity index (χ3v) is 5.78. The van der Waals surface area contributed by atoms with E-state index in [0.29, 0.717) is 32.6 Å². The second-order valence-corrected chi connectivity index (χ2v) is 7.95. The van der Waals surface area contributed by atoms with Crippen LogP contribution in [0.5, 0.6) is 0 Å². The molecule has 3 N–H and O–H groups in total. The molecule has 150 valence electrons. The molecular formula is C22H17ClN4O2S. The number of aromatic nitrogens is 1. The number of hydrogen-bond acceptors (Lipinski definition) is 4. The van der Waals surface area contributed by atoms with Crippen molar-refractivity contribution in [2.45, 2.75) is 6.92 Å². The van der Waals surface area contributed by atoms with Crippen LogP contribution in [0.3, 0.4) is 0 Å². The molecule has 30 heavy (non-hydrogen) atoms. The summed E-state index contributed by atoms with van der Waals surface area (Å²) in [6, 6.07) is 19.3. The molecule has 8 heteroatoms. The summed E-state index contributed by atoms with van der Waals surface area (Å²) in [4.78, 5) is 29.1. The number of halogens is 1. The Labute approximate surface area is 181 Å². The van der Waals surface area contributed by atoms with E-state index >= 15 is 0 Å². The van der Waals surface area contributed by atoms with Gasteiger partial charge in [0.2, 0.25) is 0 Å². The Morgan fingerprint density at radius 3 is 2.53 bits per heavy atom. The van der Waals surface area contributed by atoms with E-state index < -0.39 is 0 Å². The molecule has 3 amide bonds.